The second kappa shape index (κ2) is 5.72. The minimum Gasteiger partial charge on any atom is -0.392 e. The fourth-order valence-corrected chi connectivity index (χ4v) is 1.70. The third-order valence-electron chi connectivity index (χ3n) is 2.15. The Morgan fingerprint density at radius 2 is 2.00 bits per heavy atom. The monoisotopic (exact) mass is 248 g/mol. The SMILES string of the molecule is OCc1cc(Cl)ccc1C(O)C(O)CS. The fraction of sp³-hybridized carbons (Fsp3) is 0.400. The molecule has 5 heteroatoms. The molecule has 0 fully saturated rings. The van der Waals surface area contributed by atoms with Gasteiger partial charge in [-0.3, -0.25) is 0 Å². The minimum atomic E-state index is -1.05. The van der Waals surface area contributed by atoms with Gasteiger partial charge in [-0.1, -0.05) is 17.7 Å². The predicted molar refractivity (Wildman–Crippen MR) is 62.2 cm³/mol. The van der Waals surface area contributed by atoms with Gasteiger partial charge < -0.3 is 15.3 Å². The van der Waals surface area contributed by atoms with Gasteiger partial charge in [0.2, 0.25) is 0 Å². The molecule has 2 atom stereocenters. The van der Waals surface area contributed by atoms with Crippen LogP contribution in [-0.2, 0) is 6.61 Å². The number of benzene rings is 1. The Morgan fingerprint density at radius 3 is 2.53 bits per heavy atom. The molecule has 84 valence electrons. The van der Waals surface area contributed by atoms with Crippen molar-refractivity contribution in [2.24, 2.45) is 0 Å². The Labute approximate surface area is 98.7 Å². The molecule has 3 N–H and O–H groups in total. The molecule has 0 saturated heterocycles. The Balaban J connectivity index is 3.02. The lowest BCUT2D eigenvalue weighted by molar-refractivity contribution is 0.0325. The van der Waals surface area contributed by atoms with E-state index in [9.17, 15) is 10.2 Å². The first kappa shape index (κ1) is 12.8. The Morgan fingerprint density at radius 1 is 1.33 bits per heavy atom. The van der Waals surface area contributed by atoms with E-state index >= 15 is 0 Å². The standard InChI is InChI=1S/C10H13ClO3S/c11-7-1-2-8(6(3-7)4-12)10(14)9(13)5-15/h1-3,9-10,12-15H,4-5H2. The van der Waals surface area contributed by atoms with Gasteiger partial charge in [0.1, 0.15) is 6.10 Å². The maximum Gasteiger partial charge on any atom is 0.106 e. The minimum absolute atomic E-state index is 0.147. The van der Waals surface area contributed by atoms with E-state index in [1.165, 1.54) is 0 Å². The van der Waals surface area contributed by atoms with Crippen LogP contribution in [0.1, 0.15) is 17.2 Å². The number of rotatable bonds is 4. The molecule has 0 bridgehead atoms. The highest BCUT2D eigenvalue weighted by Gasteiger charge is 2.19. The molecule has 15 heavy (non-hydrogen) atoms. The first-order chi connectivity index (χ1) is 7.10. The van der Waals surface area contributed by atoms with Gasteiger partial charge in [-0.05, 0) is 23.3 Å². The molecule has 1 aromatic carbocycles. The summed E-state index contributed by atoms with van der Waals surface area (Å²) in [5.41, 5.74) is 0.985. The van der Waals surface area contributed by atoms with E-state index in [0.717, 1.165) is 0 Å². The van der Waals surface area contributed by atoms with Crippen molar-refractivity contribution in [2.45, 2.75) is 18.8 Å². The Kier molecular flexibility index (Phi) is 4.89. The van der Waals surface area contributed by atoms with Crippen molar-refractivity contribution < 1.29 is 15.3 Å². The van der Waals surface area contributed by atoms with Crippen LogP contribution < -0.4 is 0 Å². The summed E-state index contributed by atoms with van der Waals surface area (Å²) >= 11 is 9.63. The number of thiol groups is 1. The normalized spacial score (nSPS) is 15.0. The molecule has 0 saturated carbocycles. The fourth-order valence-electron chi connectivity index (χ4n) is 1.31. The van der Waals surface area contributed by atoms with Crippen LogP contribution in [0, 0.1) is 0 Å². The molecule has 2 unspecified atom stereocenters. The quantitative estimate of drug-likeness (QED) is 0.605. The maximum absolute atomic E-state index is 9.74. The van der Waals surface area contributed by atoms with Gasteiger partial charge in [-0.15, -0.1) is 0 Å². The first-order valence-electron chi connectivity index (χ1n) is 4.46. The molecule has 0 spiro atoms. The van der Waals surface area contributed by atoms with Crippen molar-refractivity contribution in [3.63, 3.8) is 0 Å². The average Bonchev–Trinajstić information content (AvgIpc) is 2.26. The summed E-state index contributed by atoms with van der Waals surface area (Å²) in [7, 11) is 0. The van der Waals surface area contributed by atoms with Crippen LogP contribution >= 0.6 is 24.2 Å². The summed E-state index contributed by atoms with van der Waals surface area (Å²) in [5.74, 6) is 0.147. The summed E-state index contributed by atoms with van der Waals surface area (Å²) in [6.45, 7) is -0.230. The van der Waals surface area contributed by atoms with Gasteiger partial charge in [0.05, 0.1) is 12.7 Å². The second-order valence-corrected chi connectivity index (χ2v) is 4.00. The van der Waals surface area contributed by atoms with E-state index in [1.54, 1.807) is 18.2 Å². The predicted octanol–water partition coefficient (Wildman–Crippen LogP) is 1.16. The summed E-state index contributed by atoms with van der Waals surface area (Å²) in [6.07, 6.45) is -2.01. The number of hydrogen-bond acceptors (Lipinski definition) is 4. The lowest BCUT2D eigenvalue weighted by atomic mass is 10.00. The molecule has 0 radical (unpaired) electrons. The van der Waals surface area contributed by atoms with Crippen molar-refractivity contribution >= 4 is 24.2 Å². The topological polar surface area (TPSA) is 60.7 Å². The van der Waals surface area contributed by atoms with Crippen molar-refractivity contribution in [3.05, 3.63) is 34.3 Å². The number of aliphatic hydroxyl groups is 3. The van der Waals surface area contributed by atoms with Gasteiger partial charge in [0.15, 0.2) is 0 Å². The lowest BCUT2D eigenvalue weighted by Gasteiger charge is -2.18. The summed E-state index contributed by atoms with van der Waals surface area (Å²) in [6, 6.07) is 4.75. The zero-order valence-corrected chi connectivity index (χ0v) is 9.62. The molecule has 1 rings (SSSR count). The molecule has 0 aromatic heterocycles. The number of halogens is 1. The van der Waals surface area contributed by atoms with Gasteiger partial charge in [0, 0.05) is 10.8 Å². The Hall–Kier alpha value is -0.260. The van der Waals surface area contributed by atoms with E-state index in [1.807, 2.05) is 0 Å². The van der Waals surface area contributed by atoms with Crippen molar-refractivity contribution in [3.8, 4) is 0 Å². The highest BCUT2D eigenvalue weighted by Crippen LogP contribution is 2.24. The molecule has 0 aliphatic carbocycles. The smallest absolute Gasteiger partial charge is 0.106 e. The highest BCUT2D eigenvalue weighted by atomic mass is 35.5. The van der Waals surface area contributed by atoms with Crippen LogP contribution in [-0.4, -0.2) is 27.2 Å². The van der Waals surface area contributed by atoms with Crippen molar-refractivity contribution in [1.82, 2.24) is 0 Å². The van der Waals surface area contributed by atoms with E-state index in [4.69, 9.17) is 16.7 Å². The van der Waals surface area contributed by atoms with Crippen LogP contribution in [0.15, 0.2) is 18.2 Å². The summed E-state index contributed by atoms with van der Waals surface area (Å²) in [5, 5.41) is 28.7. The van der Waals surface area contributed by atoms with Crippen LogP contribution in [0.2, 0.25) is 5.02 Å². The first-order valence-corrected chi connectivity index (χ1v) is 5.47. The lowest BCUT2D eigenvalue weighted by Crippen LogP contribution is -2.21. The van der Waals surface area contributed by atoms with Crippen molar-refractivity contribution in [2.75, 3.05) is 5.75 Å². The van der Waals surface area contributed by atoms with E-state index in [2.05, 4.69) is 12.6 Å². The zero-order valence-electron chi connectivity index (χ0n) is 7.97. The largest absolute Gasteiger partial charge is 0.392 e. The summed E-state index contributed by atoms with van der Waals surface area (Å²) in [4.78, 5) is 0. The van der Waals surface area contributed by atoms with E-state index in [0.29, 0.717) is 16.1 Å². The number of aliphatic hydroxyl groups excluding tert-OH is 3. The van der Waals surface area contributed by atoms with Gasteiger partial charge in [-0.2, -0.15) is 12.6 Å². The van der Waals surface area contributed by atoms with Crippen LogP contribution in [0.3, 0.4) is 0 Å². The van der Waals surface area contributed by atoms with Crippen molar-refractivity contribution in [1.29, 1.82) is 0 Å². The molecule has 0 aliphatic rings. The van der Waals surface area contributed by atoms with Gasteiger partial charge >= 0.3 is 0 Å². The number of hydrogen-bond donors (Lipinski definition) is 4. The van der Waals surface area contributed by atoms with Gasteiger partial charge in [0.25, 0.3) is 0 Å². The van der Waals surface area contributed by atoms with E-state index < -0.39 is 12.2 Å². The molecule has 0 amide bonds. The maximum atomic E-state index is 9.74. The Bertz CT molecular complexity index is 332. The summed E-state index contributed by atoms with van der Waals surface area (Å²) < 4.78 is 0. The molecular weight excluding hydrogens is 236 g/mol. The highest BCUT2D eigenvalue weighted by molar-refractivity contribution is 7.80. The second-order valence-electron chi connectivity index (χ2n) is 3.20. The molecular formula is C10H13ClO3S. The molecule has 1 aromatic rings. The molecule has 3 nitrogen and oxygen atoms in total. The third-order valence-corrected chi connectivity index (χ3v) is 2.75. The van der Waals surface area contributed by atoms with Crippen LogP contribution in [0.5, 0.6) is 0 Å². The molecule has 0 heterocycles. The van der Waals surface area contributed by atoms with Gasteiger partial charge in [-0.25, -0.2) is 0 Å². The average molecular weight is 249 g/mol. The zero-order chi connectivity index (χ0) is 11.4. The van der Waals surface area contributed by atoms with Crippen LogP contribution in [0.25, 0.3) is 0 Å². The van der Waals surface area contributed by atoms with E-state index in [-0.39, 0.29) is 12.4 Å². The third kappa shape index (κ3) is 3.09. The van der Waals surface area contributed by atoms with Crippen LogP contribution in [0.4, 0.5) is 0 Å². The molecule has 0 aliphatic heterocycles.